The van der Waals surface area contributed by atoms with Gasteiger partial charge >= 0.3 is 0 Å². The summed E-state index contributed by atoms with van der Waals surface area (Å²) in [5.41, 5.74) is 3.18. The van der Waals surface area contributed by atoms with Crippen LogP contribution in [0.15, 0.2) is 48.5 Å². The van der Waals surface area contributed by atoms with Crippen molar-refractivity contribution in [2.45, 2.75) is 19.4 Å². The highest BCUT2D eigenvalue weighted by Gasteiger charge is 2.11. The van der Waals surface area contributed by atoms with Crippen molar-refractivity contribution < 1.29 is 9.13 Å². The van der Waals surface area contributed by atoms with Crippen molar-refractivity contribution in [2.75, 3.05) is 20.2 Å². The van der Waals surface area contributed by atoms with Gasteiger partial charge in [0.15, 0.2) is 0 Å². The molecule has 0 bridgehead atoms. The van der Waals surface area contributed by atoms with Crippen LogP contribution in [0.1, 0.15) is 23.1 Å². The maximum absolute atomic E-state index is 13.5. The van der Waals surface area contributed by atoms with Crippen LogP contribution in [0.5, 0.6) is 5.75 Å². The molecule has 2 aromatic carbocycles. The van der Waals surface area contributed by atoms with E-state index in [0.717, 1.165) is 38.3 Å². The average molecular weight is 311 g/mol. The quantitative estimate of drug-likeness (QED) is 0.816. The van der Waals surface area contributed by atoms with E-state index < -0.39 is 0 Å². The molecule has 3 heteroatoms. The molecule has 2 nitrogen and oxygen atoms in total. The van der Waals surface area contributed by atoms with E-state index in [-0.39, 0.29) is 5.82 Å². The van der Waals surface area contributed by atoms with Gasteiger partial charge in [0.2, 0.25) is 0 Å². The van der Waals surface area contributed by atoms with E-state index in [1.54, 1.807) is 12.1 Å². The third kappa shape index (κ3) is 4.20. The van der Waals surface area contributed by atoms with E-state index in [9.17, 15) is 4.39 Å². The lowest BCUT2D eigenvalue weighted by Crippen LogP contribution is -2.18. The fourth-order valence-corrected chi connectivity index (χ4v) is 2.83. The Labute approximate surface area is 137 Å². The third-order valence-electron chi connectivity index (χ3n) is 4.05. The molecule has 1 aliphatic rings. The number of likely N-dealkylation sites (N-methyl/N-ethyl adjacent to an activating group) is 1. The molecular formula is C20H22FNO. The number of ether oxygens (including phenoxy) is 1. The first-order valence-electron chi connectivity index (χ1n) is 8.06. The predicted molar refractivity (Wildman–Crippen MR) is 92.0 cm³/mol. The average Bonchev–Trinajstić information content (AvgIpc) is 2.56. The minimum atomic E-state index is -0.182. The van der Waals surface area contributed by atoms with Crippen molar-refractivity contribution in [3.63, 3.8) is 0 Å². The molecule has 0 aliphatic carbocycles. The number of aryl methyl sites for hydroxylation is 1. The summed E-state index contributed by atoms with van der Waals surface area (Å²) in [5, 5.41) is 0. The van der Waals surface area contributed by atoms with Gasteiger partial charge in [0, 0.05) is 18.7 Å². The number of nitrogens with zero attached hydrogens (tertiary/aromatic N) is 1. The lowest BCUT2D eigenvalue weighted by Gasteiger charge is -2.20. The van der Waals surface area contributed by atoms with E-state index in [1.165, 1.54) is 17.2 Å². The maximum atomic E-state index is 13.5. The zero-order valence-electron chi connectivity index (χ0n) is 13.5. The Bertz CT molecular complexity index is 696. The number of halogens is 1. The van der Waals surface area contributed by atoms with Crippen LogP contribution < -0.4 is 4.74 Å². The Morgan fingerprint density at radius 2 is 2.09 bits per heavy atom. The summed E-state index contributed by atoms with van der Waals surface area (Å²) < 4.78 is 19.3. The highest BCUT2D eigenvalue weighted by atomic mass is 19.1. The molecule has 0 aromatic heterocycles. The second-order valence-corrected chi connectivity index (χ2v) is 6.01. The number of hydrogen-bond donors (Lipinski definition) is 0. The largest absolute Gasteiger partial charge is 0.493 e. The van der Waals surface area contributed by atoms with Crippen LogP contribution in [0.3, 0.4) is 0 Å². The molecule has 1 heterocycles. The molecule has 23 heavy (non-hydrogen) atoms. The first-order valence-corrected chi connectivity index (χ1v) is 8.06. The fourth-order valence-electron chi connectivity index (χ4n) is 2.83. The van der Waals surface area contributed by atoms with Crippen LogP contribution in [0.25, 0.3) is 6.08 Å². The standard InChI is InChI=1S/C20H22FNO/c1-22(12-4-7-17-6-2-3-9-19(17)21)15-16-10-11-18-8-5-13-23-20(18)14-16/h2-4,6-7,9-11,14H,5,8,12-13,15H2,1H3/b7-4+. The highest BCUT2D eigenvalue weighted by Crippen LogP contribution is 2.26. The Balaban J connectivity index is 1.57. The second kappa shape index (κ2) is 7.42. The normalized spacial score (nSPS) is 14.0. The van der Waals surface area contributed by atoms with Gasteiger partial charge in [-0.2, -0.15) is 0 Å². The lowest BCUT2D eigenvalue weighted by molar-refractivity contribution is 0.287. The van der Waals surface area contributed by atoms with Gasteiger partial charge in [-0.05, 0) is 43.1 Å². The van der Waals surface area contributed by atoms with E-state index in [4.69, 9.17) is 4.74 Å². The van der Waals surface area contributed by atoms with Gasteiger partial charge in [-0.15, -0.1) is 0 Å². The van der Waals surface area contributed by atoms with Gasteiger partial charge in [0.1, 0.15) is 11.6 Å². The Morgan fingerprint density at radius 3 is 2.96 bits per heavy atom. The Kier molecular flexibility index (Phi) is 5.09. The van der Waals surface area contributed by atoms with Crippen molar-refractivity contribution in [1.29, 1.82) is 0 Å². The Hall–Kier alpha value is -2.13. The summed E-state index contributed by atoms with van der Waals surface area (Å²) >= 11 is 0. The maximum Gasteiger partial charge on any atom is 0.130 e. The third-order valence-corrected chi connectivity index (χ3v) is 4.05. The van der Waals surface area contributed by atoms with E-state index >= 15 is 0 Å². The SMILES string of the molecule is CN(C/C=C/c1ccccc1F)Cc1ccc2c(c1)OCCC2. The molecule has 2 aromatic rings. The minimum absolute atomic E-state index is 0.182. The predicted octanol–water partition coefficient (Wildman–Crippen LogP) is 4.30. The molecule has 0 radical (unpaired) electrons. The van der Waals surface area contributed by atoms with Crippen LogP contribution in [0, 0.1) is 5.82 Å². The molecular weight excluding hydrogens is 289 g/mol. The zero-order valence-corrected chi connectivity index (χ0v) is 13.5. The topological polar surface area (TPSA) is 12.5 Å². The lowest BCUT2D eigenvalue weighted by atomic mass is 10.0. The summed E-state index contributed by atoms with van der Waals surface area (Å²) in [6.07, 6.45) is 6.04. The van der Waals surface area contributed by atoms with Crippen LogP contribution in [-0.2, 0) is 13.0 Å². The van der Waals surface area contributed by atoms with Gasteiger partial charge in [-0.25, -0.2) is 4.39 Å². The monoisotopic (exact) mass is 311 g/mol. The second-order valence-electron chi connectivity index (χ2n) is 6.01. The van der Waals surface area contributed by atoms with Crippen LogP contribution in [0.4, 0.5) is 4.39 Å². The van der Waals surface area contributed by atoms with Crippen molar-refractivity contribution in [3.8, 4) is 5.75 Å². The molecule has 0 amide bonds. The summed E-state index contributed by atoms with van der Waals surface area (Å²) in [6.45, 7) is 2.43. The molecule has 0 N–H and O–H groups in total. The van der Waals surface area contributed by atoms with Gasteiger partial charge in [0.25, 0.3) is 0 Å². The summed E-state index contributed by atoms with van der Waals surface area (Å²) in [4.78, 5) is 2.20. The van der Waals surface area contributed by atoms with E-state index in [1.807, 2.05) is 18.2 Å². The highest BCUT2D eigenvalue weighted by molar-refractivity contribution is 5.49. The number of rotatable bonds is 5. The molecule has 0 atom stereocenters. The van der Waals surface area contributed by atoms with Gasteiger partial charge in [-0.3, -0.25) is 4.90 Å². The molecule has 3 rings (SSSR count). The molecule has 0 spiro atoms. The Morgan fingerprint density at radius 1 is 1.22 bits per heavy atom. The zero-order chi connectivity index (χ0) is 16.1. The molecule has 120 valence electrons. The smallest absolute Gasteiger partial charge is 0.130 e. The first kappa shape index (κ1) is 15.8. The summed E-state index contributed by atoms with van der Waals surface area (Å²) in [7, 11) is 2.06. The molecule has 0 saturated heterocycles. The van der Waals surface area contributed by atoms with E-state index in [2.05, 4.69) is 30.1 Å². The molecule has 0 saturated carbocycles. The fraction of sp³-hybridized carbons (Fsp3) is 0.300. The summed E-state index contributed by atoms with van der Waals surface area (Å²) in [5.74, 6) is 0.849. The van der Waals surface area contributed by atoms with Crippen LogP contribution in [0.2, 0.25) is 0 Å². The van der Waals surface area contributed by atoms with Gasteiger partial charge < -0.3 is 4.74 Å². The van der Waals surface area contributed by atoms with Crippen molar-refractivity contribution in [2.24, 2.45) is 0 Å². The summed E-state index contributed by atoms with van der Waals surface area (Å²) in [6, 6.07) is 13.3. The van der Waals surface area contributed by atoms with Crippen LogP contribution >= 0.6 is 0 Å². The van der Waals surface area contributed by atoms with Gasteiger partial charge in [0.05, 0.1) is 6.61 Å². The van der Waals surface area contributed by atoms with Crippen molar-refractivity contribution in [1.82, 2.24) is 4.90 Å². The molecule has 0 fully saturated rings. The van der Waals surface area contributed by atoms with Crippen LogP contribution in [-0.4, -0.2) is 25.1 Å². The van der Waals surface area contributed by atoms with Gasteiger partial charge in [-0.1, -0.05) is 42.5 Å². The minimum Gasteiger partial charge on any atom is -0.493 e. The van der Waals surface area contributed by atoms with Crippen molar-refractivity contribution in [3.05, 3.63) is 71.0 Å². The first-order chi connectivity index (χ1) is 11.2. The van der Waals surface area contributed by atoms with Crippen molar-refractivity contribution >= 4 is 6.08 Å². The molecule has 0 unspecified atom stereocenters. The number of fused-ring (bicyclic) bond motifs is 1. The number of benzene rings is 2. The number of hydrogen-bond acceptors (Lipinski definition) is 2. The van der Waals surface area contributed by atoms with E-state index in [0.29, 0.717) is 5.56 Å². The molecule has 1 aliphatic heterocycles.